The lowest BCUT2D eigenvalue weighted by atomic mass is 10.1. The van der Waals surface area contributed by atoms with E-state index in [4.69, 9.17) is 4.74 Å². The van der Waals surface area contributed by atoms with E-state index >= 15 is 0 Å². The van der Waals surface area contributed by atoms with E-state index in [1.165, 1.54) is 11.3 Å². The fourth-order valence-corrected chi connectivity index (χ4v) is 3.79. The SMILES string of the molecule is CS(=O)(=O)NCCc1ccc(C(=O)OCC(=O)N2CCCCC2)s1. The summed E-state index contributed by atoms with van der Waals surface area (Å²) in [6.07, 6.45) is 4.72. The van der Waals surface area contributed by atoms with Crippen LogP contribution in [-0.4, -0.2) is 57.7 Å². The first-order chi connectivity index (χ1) is 11.3. The molecule has 24 heavy (non-hydrogen) atoms. The van der Waals surface area contributed by atoms with Crippen LogP contribution < -0.4 is 4.72 Å². The van der Waals surface area contributed by atoms with Crippen molar-refractivity contribution in [3.63, 3.8) is 0 Å². The Kier molecular flexibility index (Phi) is 6.76. The number of sulfonamides is 1. The summed E-state index contributed by atoms with van der Waals surface area (Å²) in [6, 6.07) is 3.39. The minimum atomic E-state index is -3.21. The monoisotopic (exact) mass is 374 g/mol. The summed E-state index contributed by atoms with van der Waals surface area (Å²) in [4.78, 5) is 27.0. The van der Waals surface area contributed by atoms with Crippen LogP contribution in [0.3, 0.4) is 0 Å². The molecule has 2 heterocycles. The normalized spacial score (nSPS) is 15.3. The van der Waals surface area contributed by atoms with Crippen LogP contribution in [0.4, 0.5) is 0 Å². The largest absolute Gasteiger partial charge is 0.451 e. The Bertz CT molecular complexity index is 678. The summed E-state index contributed by atoms with van der Waals surface area (Å²) < 4.78 is 29.5. The fourth-order valence-electron chi connectivity index (χ4n) is 2.41. The topological polar surface area (TPSA) is 92.8 Å². The number of ether oxygens (including phenoxy) is 1. The number of nitrogens with zero attached hydrogens (tertiary/aromatic N) is 1. The van der Waals surface area contributed by atoms with E-state index in [0.29, 0.717) is 11.3 Å². The molecular weight excluding hydrogens is 352 g/mol. The molecule has 0 unspecified atom stereocenters. The molecule has 0 aromatic carbocycles. The Morgan fingerprint density at radius 1 is 1.25 bits per heavy atom. The van der Waals surface area contributed by atoms with Gasteiger partial charge in [-0.25, -0.2) is 17.9 Å². The molecule has 1 aromatic heterocycles. The van der Waals surface area contributed by atoms with E-state index in [1.807, 2.05) is 0 Å². The van der Waals surface area contributed by atoms with Gasteiger partial charge in [-0.1, -0.05) is 0 Å². The number of rotatable bonds is 7. The number of amides is 1. The molecule has 1 amide bonds. The minimum Gasteiger partial charge on any atom is -0.451 e. The molecule has 1 aliphatic heterocycles. The molecule has 9 heteroatoms. The number of piperidine rings is 1. The van der Waals surface area contributed by atoms with Gasteiger partial charge in [-0.05, 0) is 37.8 Å². The van der Waals surface area contributed by atoms with Gasteiger partial charge in [0.1, 0.15) is 4.88 Å². The summed E-state index contributed by atoms with van der Waals surface area (Å²) in [7, 11) is -3.21. The maximum atomic E-state index is 12.0. The van der Waals surface area contributed by atoms with Crippen LogP contribution in [0.5, 0.6) is 0 Å². The van der Waals surface area contributed by atoms with Gasteiger partial charge in [0.05, 0.1) is 6.26 Å². The fraction of sp³-hybridized carbons (Fsp3) is 0.600. The lowest BCUT2D eigenvalue weighted by Gasteiger charge is -2.26. The molecule has 1 saturated heterocycles. The molecule has 1 aromatic rings. The highest BCUT2D eigenvalue weighted by molar-refractivity contribution is 7.88. The number of carbonyl (C=O) groups is 2. The predicted molar refractivity (Wildman–Crippen MR) is 91.6 cm³/mol. The van der Waals surface area contributed by atoms with Gasteiger partial charge in [0.2, 0.25) is 10.0 Å². The van der Waals surface area contributed by atoms with Gasteiger partial charge < -0.3 is 9.64 Å². The highest BCUT2D eigenvalue weighted by Gasteiger charge is 2.19. The first-order valence-corrected chi connectivity index (χ1v) is 10.5. The van der Waals surface area contributed by atoms with E-state index in [-0.39, 0.29) is 19.1 Å². The van der Waals surface area contributed by atoms with E-state index < -0.39 is 16.0 Å². The number of likely N-dealkylation sites (tertiary alicyclic amines) is 1. The molecule has 2 rings (SSSR count). The van der Waals surface area contributed by atoms with E-state index in [0.717, 1.165) is 43.5 Å². The smallest absolute Gasteiger partial charge is 0.348 e. The highest BCUT2D eigenvalue weighted by Crippen LogP contribution is 2.18. The quantitative estimate of drug-likeness (QED) is 0.719. The van der Waals surface area contributed by atoms with E-state index in [2.05, 4.69) is 4.72 Å². The van der Waals surface area contributed by atoms with Gasteiger partial charge in [0.25, 0.3) is 5.91 Å². The minimum absolute atomic E-state index is 0.155. The van der Waals surface area contributed by atoms with Crippen molar-refractivity contribution in [2.45, 2.75) is 25.7 Å². The van der Waals surface area contributed by atoms with Crippen molar-refractivity contribution in [2.24, 2.45) is 0 Å². The van der Waals surface area contributed by atoms with Crippen LogP contribution in [0.2, 0.25) is 0 Å². The van der Waals surface area contributed by atoms with Crippen LogP contribution in [0.1, 0.15) is 33.8 Å². The Morgan fingerprint density at radius 3 is 2.62 bits per heavy atom. The molecule has 0 aliphatic carbocycles. The van der Waals surface area contributed by atoms with Gasteiger partial charge in [0.15, 0.2) is 6.61 Å². The second kappa shape index (κ2) is 8.59. The molecule has 1 fully saturated rings. The summed E-state index contributed by atoms with van der Waals surface area (Å²) in [5, 5.41) is 0. The summed E-state index contributed by atoms with van der Waals surface area (Å²) in [5.74, 6) is -0.676. The maximum Gasteiger partial charge on any atom is 0.348 e. The predicted octanol–water partition coefficient (Wildman–Crippen LogP) is 1.01. The number of nitrogens with one attached hydrogen (secondary N) is 1. The highest BCUT2D eigenvalue weighted by atomic mass is 32.2. The molecule has 0 radical (unpaired) electrons. The molecule has 0 spiro atoms. The second-order valence-corrected chi connectivity index (χ2v) is 8.70. The number of carbonyl (C=O) groups excluding carboxylic acids is 2. The van der Waals surface area contributed by atoms with E-state index in [9.17, 15) is 18.0 Å². The average molecular weight is 374 g/mol. The third-order valence-electron chi connectivity index (χ3n) is 3.63. The molecular formula is C15H22N2O5S2. The first kappa shape index (κ1) is 18.9. The molecule has 1 N–H and O–H groups in total. The first-order valence-electron chi connectivity index (χ1n) is 7.83. The molecule has 1 aliphatic rings. The van der Waals surface area contributed by atoms with Gasteiger partial charge in [0, 0.05) is 24.5 Å². The van der Waals surface area contributed by atoms with Crippen LogP contribution in [0, 0.1) is 0 Å². The number of thiophene rings is 1. The molecule has 0 saturated carbocycles. The Balaban J connectivity index is 1.77. The van der Waals surface area contributed by atoms with Crippen molar-refractivity contribution in [3.8, 4) is 0 Å². The zero-order valence-electron chi connectivity index (χ0n) is 13.6. The summed E-state index contributed by atoms with van der Waals surface area (Å²) in [6.45, 7) is 1.50. The average Bonchev–Trinajstić information content (AvgIpc) is 3.01. The standard InChI is InChI=1S/C15H22N2O5S2/c1-24(20,21)16-8-7-12-5-6-13(23-12)15(19)22-11-14(18)17-9-3-2-4-10-17/h5-6,16H,2-4,7-11H2,1H3. The van der Waals surface area contributed by atoms with Crippen molar-refractivity contribution in [1.29, 1.82) is 0 Å². The van der Waals surface area contributed by atoms with Gasteiger partial charge in [-0.15, -0.1) is 11.3 Å². The van der Waals surface area contributed by atoms with Crippen molar-refractivity contribution in [2.75, 3.05) is 32.5 Å². The van der Waals surface area contributed by atoms with Crippen molar-refractivity contribution < 1.29 is 22.7 Å². The maximum absolute atomic E-state index is 12.0. The second-order valence-electron chi connectivity index (χ2n) is 5.70. The molecule has 0 atom stereocenters. The van der Waals surface area contributed by atoms with Crippen LogP contribution in [-0.2, 0) is 26.0 Å². The van der Waals surface area contributed by atoms with Gasteiger partial charge in [-0.3, -0.25) is 4.79 Å². The Morgan fingerprint density at radius 2 is 1.96 bits per heavy atom. The molecule has 7 nitrogen and oxygen atoms in total. The summed E-state index contributed by atoms with van der Waals surface area (Å²) in [5.41, 5.74) is 0. The van der Waals surface area contributed by atoms with Gasteiger partial charge >= 0.3 is 5.97 Å². The third-order valence-corrected chi connectivity index (χ3v) is 5.49. The Labute approximate surface area is 146 Å². The van der Waals surface area contributed by atoms with Crippen molar-refractivity contribution >= 4 is 33.2 Å². The third kappa shape index (κ3) is 6.21. The number of hydrogen-bond donors (Lipinski definition) is 1. The lowest BCUT2D eigenvalue weighted by Crippen LogP contribution is -2.38. The molecule has 0 bridgehead atoms. The van der Waals surface area contributed by atoms with Crippen LogP contribution >= 0.6 is 11.3 Å². The number of esters is 1. The summed E-state index contributed by atoms with van der Waals surface area (Å²) >= 11 is 1.24. The van der Waals surface area contributed by atoms with Gasteiger partial charge in [-0.2, -0.15) is 0 Å². The van der Waals surface area contributed by atoms with Crippen LogP contribution in [0.15, 0.2) is 12.1 Å². The van der Waals surface area contributed by atoms with Crippen molar-refractivity contribution in [3.05, 3.63) is 21.9 Å². The van der Waals surface area contributed by atoms with Crippen LogP contribution in [0.25, 0.3) is 0 Å². The zero-order valence-corrected chi connectivity index (χ0v) is 15.2. The Hall–Kier alpha value is -1.45. The lowest BCUT2D eigenvalue weighted by molar-refractivity contribution is -0.135. The number of hydrogen-bond acceptors (Lipinski definition) is 6. The molecule has 134 valence electrons. The zero-order chi connectivity index (χ0) is 17.6. The van der Waals surface area contributed by atoms with Crippen molar-refractivity contribution in [1.82, 2.24) is 9.62 Å². The van der Waals surface area contributed by atoms with E-state index in [1.54, 1.807) is 17.0 Å².